The second-order valence-electron chi connectivity index (χ2n) is 7.98. The van der Waals surface area contributed by atoms with Crippen LogP contribution in [0.3, 0.4) is 0 Å². The SMILES string of the molecule is Cc1ccc(S(=O)(=O)N(CC(=O)NCCCSCc2ccccc2C)c2ccc(Br)cc2)cc1. The highest BCUT2D eigenvalue weighted by Gasteiger charge is 2.27. The lowest BCUT2D eigenvalue weighted by Gasteiger charge is -2.24. The summed E-state index contributed by atoms with van der Waals surface area (Å²) in [6.45, 7) is 4.22. The molecule has 3 aromatic rings. The zero-order valence-corrected chi connectivity index (χ0v) is 22.5. The largest absolute Gasteiger partial charge is 0.354 e. The third-order valence-corrected chi connectivity index (χ3v) is 8.73. The van der Waals surface area contributed by atoms with Crippen LogP contribution >= 0.6 is 27.7 Å². The summed E-state index contributed by atoms with van der Waals surface area (Å²) >= 11 is 5.20. The number of anilines is 1. The number of rotatable bonds is 11. The van der Waals surface area contributed by atoms with E-state index in [9.17, 15) is 13.2 Å². The highest BCUT2D eigenvalue weighted by Crippen LogP contribution is 2.25. The minimum absolute atomic E-state index is 0.154. The molecule has 0 aromatic heterocycles. The zero-order chi connectivity index (χ0) is 24.6. The molecule has 0 fully saturated rings. The summed E-state index contributed by atoms with van der Waals surface area (Å²) in [4.78, 5) is 12.8. The molecule has 0 saturated heterocycles. The highest BCUT2D eigenvalue weighted by atomic mass is 79.9. The van der Waals surface area contributed by atoms with Crippen molar-refractivity contribution in [2.24, 2.45) is 0 Å². The van der Waals surface area contributed by atoms with E-state index < -0.39 is 10.0 Å². The summed E-state index contributed by atoms with van der Waals surface area (Å²) in [5, 5.41) is 2.87. The number of nitrogens with zero attached hydrogens (tertiary/aromatic N) is 1. The molecule has 3 rings (SSSR count). The Hall–Kier alpha value is -2.29. The van der Waals surface area contributed by atoms with Gasteiger partial charge in [-0.2, -0.15) is 11.8 Å². The van der Waals surface area contributed by atoms with Crippen LogP contribution in [0.5, 0.6) is 0 Å². The lowest BCUT2D eigenvalue weighted by Crippen LogP contribution is -2.41. The van der Waals surface area contributed by atoms with Gasteiger partial charge in [0.2, 0.25) is 5.91 Å². The molecular formula is C26H29BrN2O3S2. The van der Waals surface area contributed by atoms with Crippen LogP contribution in [0.15, 0.2) is 82.2 Å². The van der Waals surface area contributed by atoms with E-state index in [1.54, 1.807) is 48.5 Å². The topological polar surface area (TPSA) is 66.5 Å². The van der Waals surface area contributed by atoms with Gasteiger partial charge in [0.1, 0.15) is 6.54 Å². The molecule has 0 unspecified atom stereocenters. The molecule has 0 spiro atoms. The first-order chi connectivity index (χ1) is 16.3. The molecule has 0 bridgehead atoms. The van der Waals surface area contributed by atoms with Crippen molar-refractivity contribution in [1.29, 1.82) is 0 Å². The van der Waals surface area contributed by atoms with Gasteiger partial charge in [0.25, 0.3) is 10.0 Å². The summed E-state index contributed by atoms with van der Waals surface area (Å²) in [5.41, 5.74) is 4.01. The summed E-state index contributed by atoms with van der Waals surface area (Å²) in [6.07, 6.45) is 0.811. The fraction of sp³-hybridized carbons (Fsp3) is 0.269. The molecule has 0 aliphatic heterocycles. The molecule has 0 heterocycles. The van der Waals surface area contributed by atoms with Crippen LogP contribution in [0.4, 0.5) is 5.69 Å². The first kappa shape index (κ1) is 26.3. The number of aryl methyl sites for hydroxylation is 2. The Morgan fingerprint density at radius 2 is 1.65 bits per heavy atom. The van der Waals surface area contributed by atoms with Crippen LogP contribution in [-0.2, 0) is 20.6 Å². The average Bonchev–Trinajstić information content (AvgIpc) is 2.82. The van der Waals surface area contributed by atoms with E-state index in [1.807, 2.05) is 30.8 Å². The molecule has 1 N–H and O–H groups in total. The van der Waals surface area contributed by atoms with Crippen LogP contribution in [-0.4, -0.2) is 33.2 Å². The van der Waals surface area contributed by atoms with Gasteiger partial charge in [-0.1, -0.05) is 57.9 Å². The molecule has 0 aliphatic carbocycles. The minimum atomic E-state index is -3.90. The van der Waals surface area contributed by atoms with Crippen LogP contribution < -0.4 is 9.62 Å². The normalized spacial score (nSPS) is 11.3. The van der Waals surface area contributed by atoms with Gasteiger partial charge in [-0.25, -0.2) is 8.42 Å². The summed E-state index contributed by atoms with van der Waals surface area (Å²) in [6, 6.07) is 21.9. The number of benzene rings is 3. The number of sulfonamides is 1. The van der Waals surface area contributed by atoms with Crippen molar-refractivity contribution >= 4 is 49.3 Å². The average molecular weight is 562 g/mol. The number of amides is 1. The van der Waals surface area contributed by atoms with Gasteiger partial charge in [-0.3, -0.25) is 9.10 Å². The van der Waals surface area contributed by atoms with Gasteiger partial charge in [0, 0.05) is 16.8 Å². The molecule has 0 aliphatic rings. The Bertz CT molecular complexity index is 1200. The lowest BCUT2D eigenvalue weighted by atomic mass is 10.1. The second kappa shape index (κ2) is 12.4. The fourth-order valence-corrected chi connectivity index (χ4v) is 6.02. The lowest BCUT2D eigenvalue weighted by molar-refractivity contribution is -0.119. The number of carbonyl (C=O) groups is 1. The highest BCUT2D eigenvalue weighted by molar-refractivity contribution is 9.10. The molecule has 8 heteroatoms. The molecule has 0 saturated carbocycles. The predicted molar refractivity (Wildman–Crippen MR) is 145 cm³/mol. The van der Waals surface area contributed by atoms with Crippen LogP contribution in [0.1, 0.15) is 23.1 Å². The quantitative estimate of drug-likeness (QED) is 0.305. The molecule has 3 aromatic carbocycles. The second-order valence-corrected chi connectivity index (χ2v) is 11.9. The van der Waals surface area contributed by atoms with Crippen molar-refractivity contribution in [1.82, 2.24) is 5.32 Å². The first-order valence-electron chi connectivity index (χ1n) is 11.0. The first-order valence-corrected chi connectivity index (χ1v) is 14.4. The third-order valence-electron chi connectivity index (χ3n) is 5.32. The molecule has 34 heavy (non-hydrogen) atoms. The number of carbonyl (C=O) groups excluding carboxylic acids is 1. The smallest absolute Gasteiger partial charge is 0.264 e. The molecular weight excluding hydrogens is 532 g/mol. The molecule has 0 radical (unpaired) electrons. The van der Waals surface area contributed by atoms with Crippen molar-refractivity contribution in [3.63, 3.8) is 0 Å². The van der Waals surface area contributed by atoms with Gasteiger partial charge in [0.15, 0.2) is 0 Å². The standard InChI is InChI=1S/C26H29BrN2O3S2/c1-20-8-14-25(15-9-20)34(31,32)29(24-12-10-23(27)11-13-24)18-26(30)28-16-5-17-33-19-22-7-4-3-6-21(22)2/h3-4,6-15H,5,16-19H2,1-2H3,(H,28,30). The Kier molecular flexibility index (Phi) is 9.62. The number of hydrogen-bond donors (Lipinski definition) is 1. The number of nitrogens with one attached hydrogen (secondary N) is 1. The molecule has 5 nitrogen and oxygen atoms in total. The fourth-order valence-electron chi connectivity index (χ4n) is 3.30. The zero-order valence-electron chi connectivity index (χ0n) is 19.3. The van der Waals surface area contributed by atoms with Gasteiger partial charge in [0.05, 0.1) is 10.6 Å². The molecule has 180 valence electrons. The van der Waals surface area contributed by atoms with Gasteiger partial charge in [-0.05, 0) is 73.5 Å². The number of hydrogen-bond acceptors (Lipinski definition) is 4. The van der Waals surface area contributed by atoms with E-state index in [4.69, 9.17) is 0 Å². The molecule has 1 amide bonds. The Labute approximate surface area is 215 Å². The Balaban J connectivity index is 1.59. The summed E-state index contributed by atoms with van der Waals surface area (Å²) in [7, 11) is -3.90. The van der Waals surface area contributed by atoms with E-state index in [-0.39, 0.29) is 17.3 Å². The van der Waals surface area contributed by atoms with Crippen molar-refractivity contribution in [3.8, 4) is 0 Å². The van der Waals surface area contributed by atoms with E-state index in [2.05, 4.69) is 40.3 Å². The van der Waals surface area contributed by atoms with Crippen LogP contribution in [0, 0.1) is 13.8 Å². The Morgan fingerprint density at radius 3 is 2.32 bits per heavy atom. The van der Waals surface area contributed by atoms with Crippen LogP contribution in [0.2, 0.25) is 0 Å². The van der Waals surface area contributed by atoms with E-state index in [1.165, 1.54) is 11.1 Å². The van der Waals surface area contributed by atoms with E-state index in [0.717, 1.165) is 32.3 Å². The third kappa shape index (κ3) is 7.35. The maximum atomic E-state index is 13.4. The van der Waals surface area contributed by atoms with Crippen molar-refractivity contribution in [2.45, 2.75) is 30.9 Å². The molecule has 0 atom stereocenters. The van der Waals surface area contributed by atoms with Gasteiger partial charge < -0.3 is 5.32 Å². The van der Waals surface area contributed by atoms with E-state index in [0.29, 0.717) is 12.2 Å². The van der Waals surface area contributed by atoms with Crippen molar-refractivity contribution < 1.29 is 13.2 Å². The Morgan fingerprint density at radius 1 is 0.971 bits per heavy atom. The monoisotopic (exact) mass is 560 g/mol. The predicted octanol–water partition coefficient (Wildman–Crippen LogP) is 5.70. The maximum absolute atomic E-state index is 13.4. The summed E-state index contributed by atoms with van der Waals surface area (Å²) < 4.78 is 28.7. The minimum Gasteiger partial charge on any atom is -0.354 e. The maximum Gasteiger partial charge on any atom is 0.264 e. The van der Waals surface area contributed by atoms with Gasteiger partial charge >= 0.3 is 0 Å². The van der Waals surface area contributed by atoms with E-state index >= 15 is 0 Å². The number of halogens is 1. The summed E-state index contributed by atoms with van der Waals surface area (Å²) in [5.74, 6) is 1.52. The van der Waals surface area contributed by atoms with Gasteiger partial charge in [-0.15, -0.1) is 0 Å². The number of thioether (sulfide) groups is 1. The van der Waals surface area contributed by atoms with Crippen molar-refractivity contribution in [3.05, 3.63) is 94.0 Å². The van der Waals surface area contributed by atoms with Crippen LogP contribution in [0.25, 0.3) is 0 Å². The van der Waals surface area contributed by atoms with Crippen molar-refractivity contribution in [2.75, 3.05) is 23.1 Å².